The van der Waals surface area contributed by atoms with Crippen LogP contribution < -0.4 is 14.9 Å². The summed E-state index contributed by atoms with van der Waals surface area (Å²) >= 11 is 1.20. The molecule has 2 heterocycles. The monoisotopic (exact) mass is 350 g/mol. The van der Waals surface area contributed by atoms with Gasteiger partial charge in [0.25, 0.3) is 5.56 Å². The molecule has 0 unspecified atom stereocenters. The molecule has 0 N–H and O–H groups in total. The molecule has 0 aliphatic carbocycles. The van der Waals surface area contributed by atoms with Crippen molar-refractivity contribution in [2.24, 2.45) is 4.99 Å². The summed E-state index contributed by atoms with van der Waals surface area (Å²) in [5.74, 6) is -0.551. The zero-order valence-electron chi connectivity index (χ0n) is 13.4. The van der Waals surface area contributed by atoms with Crippen molar-refractivity contribution in [3.8, 4) is 0 Å². The van der Waals surface area contributed by atoms with Crippen LogP contribution in [-0.4, -0.2) is 17.6 Å². The van der Waals surface area contributed by atoms with Gasteiger partial charge in [-0.2, -0.15) is 0 Å². The predicted molar refractivity (Wildman–Crippen MR) is 95.6 cm³/mol. The Bertz CT molecular complexity index is 1130. The molecule has 0 amide bonds. The highest BCUT2D eigenvalue weighted by Crippen LogP contribution is 2.33. The van der Waals surface area contributed by atoms with Gasteiger partial charge in [0, 0.05) is 11.6 Å². The van der Waals surface area contributed by atoms with Crippen LogP contribution in [0, 0.1) is 0 Å². The second-order valence-corrected chi connectivity index (χ2v) is 6.58. The van der Waals surface area contributed by atoms with Crippen LogP contribution in [-0.2, 0) is 9.53 Å². The highest BCUT2D eigenvalue weighted by molar-refractivity contribution is 7.07. The maximum atomic E-state index is 12.9. The fourth-order valence-corrected chi connectivity index (χ4v) is 3.95. The summed E-state index contributed by atoms with van der Waals surface area (Å²) in [6.07, 6.45) is 1.22. The lowest BCUT2D eigenvalue weighted by Gasteiger charge is -2.23. The molecule has 0 fully saturated rings. The Kier molecular flexibility index (Phi) is 3.82. The van der Waals surface area contributed by atoms with Crippen LogP contribution in [0.3, 0.4) is 0 Å². The van der Waals surface area contributed by atoms with Crippen LogP contribution in [0.15, 0.2) is 64.4 Å². The third kappa shape index (κ3) is 2.60. The highest BCUT2D eigenvalue weighted by Gasteiger charge is 2.26. The van der Waals surface area contributed by atoms with Crippen molar-refractivity contribution in [2.45, 2.75) is 6.04 Å². The van der Waals surface area contributed by atoms with Crippen LogP contribution in [0.25, 0.3) is 6.08 Å². The number of benzene rings is 2. The number of methoxy groups -OCH3 is 1. The Labute approximate surface area is 147 Å². The van der Waals surface area contributed by atoms with Crippen molar-refractivity contribution in [2.75, 3.05) is 7.11 Å². The summed E-state index contributed by atoms with van der Waals surface area (Å²) in [4.78, 5) is 29.7. The SMILES string of the molecule is COC(=O)/C=c1/sc2n(c1=O)[C@H](c1ccccc1)c1ccccc1N=2. The lowest BCUT2D eigenvalue weighted by molar-refractivity contribution is -0.133. The quantitative estimate of drug-likeness (QED) is 0.518. The summed E-state index contributed by atoms with van der Waals surface area (Å²) in [6, 6.07) is 17.3. The number of hydrogen-bond donors (Lipinski definition) is 0. The smallest absolute Gasteiger partial charge is 0.332 e. The molecular formula is C19H14N2O3S. The molecular weight excluding hydrogens is 336 g/mol. The number of hydrogen-bond acceptors (Lipinski definition) is 5. The van der Waals surface area contributed by atoms with Crippen LogP contribution in [0.4, 0.5) is 5.69 Å². The Morgan fingerprint density at radius 3 is 2.64 bits per heavy atom. The lowest BCUT2D eigenvalue weighted by atomic mass is 9.96. The first-order valence-electron chi connectivity index (χ1n) is 7.72. The number of aromatic nitrogens is 1. The van der Waals surface area contributed by atoms with E-state index >= 15 is 0 Å². The number of rotatable bonds is 2. The molecule has 1 aromatic heterocycles. The Balaban J connectivity index is 2.05. The minimum absolute atomic E-state index is 0.238. The average molecular weight is 350 g/mol. The topological polar surface area (TPSA) is 60.7 Å². The minimum Gasteiger partial charge on any atom is -0.466 e. The number of nitrogens with zero attached hydrogens (tertiary/aromatic N) is 2. The van der Waals surface area contributed by atoms with Gasteiger partial charge in [0.2, 0.25) is 0 Å². The third-order valence-corrected chi connectivity index (χ3v) is 5.09. The van der Waals surface area contributed by atoms with Gasteiger partial charge in [-0.3, -0.25) is 9.36 Å². The summed E-state index contributed by atoms with van der Waals surface area (Å²) in [5, 5.41) is 0. The van der Waals surface area contributed by atoms with Crippen LogP contribution >= 0.6 is 11.3 Å². The van der Waals surface area contributed by atoms with Gasteiger partial charge in [-0.1, -0.05) is 59.9 Å². The van der Waals surface area contributed by atoms with E-state index in [4.69, 9.17) is 0 Å². The van der Waals surface area contributed by atoms with Gasteiger partial charge in [0.1, 0.15) is 4.53 Å². The zero-order chi connectivity index (χ0) is 17.4. The predicted octanol–water partition coefficient (Wildman–Crippen LogP) is 1.77. The summed E-state index contributed by atoms with van der Waals surface area (Å²) in [7, 11) is 1.29. The van der Waals surface area contributed by atoms with E-state index < -0.39 is 5.97 Å². The second kappa shape index (κ2) is 6.14. The van der Waals surface area contributed by atoms with Crippen molar-refractivity contribution in [3.63, 3.8) is 0 Å². The van der Waals surface area contributed by atoms with Gasteiger partial charge in [-0.05, 0) is 11.6 Å². The molecule has 0 radical (unpaired) electrons. The Hall–Kier alpha value is -2.99. The van der Waals surface area contributed by atoms with Crippen molar-refractivity contribution in [1.29, 1.82) is 0 Å². The van der Waals surface area contributed by atoms with Gasteiger partial charge < -0.3 is 4.74 Å². The van der Waals surface area contributed by atoms with Crippen molar-refractivity contribution in [1.82, 2.24) is 4.57 Å². The molecule has 0 bridgehead atoms. The standard InChI is InChI=1S/C19H14N2O3S/c1-24-16(22)11-15-18(23)21-17(12-7-3-2-4-8-12)13-9-5-6-10-14(13)20-19(21)25-15/h2-11,17H,1H3/b15-11+/t17-/m1/s1. The molecule has 2 aromatic carbocycles. The highest BCUT2D eigenvalue weighted by atomic mass is 32.1. The van der Waals surface area contributed by atoms with Crippen LogP contribution in [0.1, 0.15) is 17.2 Å². The average Bonchev–Trinajstić information content (AvgIpc) is 2.95. The summed E-state index contributed by atoms with van der Waals surface area (Å²) in [5.41, 5.74) is 2.56. The molecule has 4 rings (SSSR count). The van der Waals surface area contributed by atoms with Gasteiger partial charge in [0.05, 0.1) is 18.8 Å². The van der Waals surface area contributed by atoms with E-state index in [9.17, 15) is 9.59 Å². The largest absolute Gasteiger partial charge is 0.466 e. The molecule has 124 valence electrons. The first-order valence-corrected chi connectivity index (χ1v) is 8.54. The number of para-hydroxylation sites is 1. The molecule has 5 nitrogen and oxygen atoms in total. The maximum Gasteiger partial charge on any atom is 0.332 e. The molecule has 1 aliphatic heterocycles. The second-order valence-electron chi connectivity index (χ2n) is 5.58. The van der Waals surface area contributed by atoms with Gasteiger partial charge in [-0.25, -0.2) is 9.79 Å². The molecule has 25 heavy (non-hydrogen) atoms. The van der Waals surface area contributed by atoms with Crippen molar-refractivity contribution >= 4 is 29.1 Å². The first kappa shape index (κ1) is 15.5. The Morgan fingerprint density at radius 2 is 1.88 bits per heavy atom. The minimum atomic E-state index is -0.551. The van der Waals surface area contributed by atoms with E-state index in [0.717, 1.165) is 16.8 Å². The Morgan fingerprint density at radius 1 is 1.16 bits per heavy atom. The van der Waals surface area contributed by atoms with Crippen molar-refractivity contribution in [3.05, 3.63) is 85.4 Å². The molecule has 1 aliphatic rings. The lowest BCUT2D eigenvalue weighted by Crippen LogP contribution is -2.37. The van der Waals surface area contributed by atoms with E-state index in [0.29, 0.717) is 9.33 Å². The number of carbonyl (C=O) groups excluding carboxylic acids is 1. The normalized spacial score (nSPS) is 15.9. The number of ether oxygens (including phenoxy) is 1. The summed E-state index contributed by atoms with van der Waals surface area (Å²) < 4.78 is 6.62. The number of fused-ring (bicyclic) bond motifs is 2. The van der Waals surface area contributed by atoms with Crippen LogP contribution in [0.5, 0.6) is 0 Å². The number of thiazole rings is 1. The van der Waals surface area contributed by atoms with E-state index in [2.05, 4.69) is 9.73 Å². The van der Waals surface area contributed by atoms with Gasteiger partial charge in [0.15, 0.2) is 4.80 Å². The van der Waals surface area contributed by atoms with Gasteiger partial charge in [-0.15, -0.1) is 0 Å². The molecule has 6 heteroatoms. The number of esters is 1. The zero-order valence-corrected chi connectivity index (χ0v) is 14.2. The van der Waals surface area contributed by atoms with Gasteiger partial charge >= 0.3 is 5.97 Å². The van der Waals surface area contributed by atoms with Crippen LogP contribution in [0.2, 0.25) is 0 Å². The van der Waals surface area contributed by atoms with E-state index in [-0.39, 0.29) is 11.6 Å². The van der Waals surface area contributed by atoms with E-state index in [1.807, 2.05) is 54.6 Å². The van der Waals surface area contributed by atoms with E-state index in [1.165, 1.54) is 24.5 Å². The fourth-order valence-electron chi connectivity index (χ4n) is 2.98. The summed E-state index contributed by atoms with van der Waals surface area (Å²) in [6.45, 7) is 0. The number of carbonyl (C=O) groups is 1. The molecule has 0 spiro atoms. The third-order valence-electron chi connectivity index (χ3n) is 4.11. The first-order chi connectivity index (χ1) is 12.2. The molecule has 3 aromatic rings. The fraction of sp³-hybridized carbons (Fsp3) is 0.105. The molecule has 1 atom stereocenters. The van der Waals surface area contributed by atoms with Crippen molar-refractivity contribution < 1.29 is 9.53 Å². The molecule has 0 saturated carbocycles. The maximum absolute atomic E-state index is 12.9. The van der Waals surface area contributed by atoms with E-state index in [1.54, 1.807) is 4.57 Å². The molecule has 0 saturated heterocycles.